The number of aromatic nitrogens is 2. The highest BCUT2D eigenvalue weighted by molar-refractivity contribution is 5.31. The summed E-state index contributed by atoms with van der Waals surface area (Å²) in [4.78, 5) is 8.17. The number of hydrogen-bond donors (Lipinski definition) is 1. The molecule has 0 unspecified atom stereocenters. The second-order valence-electron chi connectivity index (χ2n) is 3.56. The summed E-state index contributed by atoms with van der Waals surface area (Å²) in [5, 5.41) is 3.13. The average molecular weight is 239 g/mol. The Labute approximate surface area is 106 Å². The molecule has 2 rings (SSSR count). The van der Waals surface area contributed by atoms with Gasteiger partial charge in [-0.1, -0.05) is 18.1 Å². The van der Waals surface area contributed by atoms with E-state index in [2.05, 4.69) is 21.2 Å². The fourth-order valence-electron chi connectivity index (χ4n) is 1.40. The molecule has 90 valence electrons. The van der Waals surface area contributed by atoms with Crippen LogP contribution in [0.1, 0.15) is 5.56 Å². The zero-order chi connectivity index (χ0) is 12.6. The molecule has 1 N–H and O–H groups in total. The minimum atomic E-state index is 0.287. The molecule has 0 radical (unpaired) electrons. The Morgan fingerprint density at radius 2 is 1.89 bits per heavy atom. The molecule has 1 heterocycles. The third-order valence-corrected chi connectivity index (χ3v) is 2.26. The van der Waals surface area contributed by atoms with Gasteiger partial charge in [-0.05, 0) is 23.8 Å². The van der Waals surface area contributed by atoms with Crippen LogP contribution < -0.4 is 10.1 Å². The largest absolute Gasteiger partial charge is 0.481 e. The molecule has 0 bridgehead atoms. The molecule has 0 amide bonds. The van der Waals surface area contributed by atoms with Crippen molar-refractivity contribution in [3.05, 3.63) is 48.3 Å². The van der Waals surface area contributed by atoms with Crippen molar-refractivity contribution >= 4 is 5.95 Å². The van der Waals surface area contributed by atoms with Crippen molar-refractivity contribution in [1.82, 2.24) is 9.97 Å². The van der Waals surface area contributed by atoms with E-state index in [0.717, 1.165) is 11.3 Å². The molecule has 1 aromatic heterocycles. The molecule has 1 aromatic carbocycles. The second kappa shape index (κ2) is 6.26. The Kier molecular flexibility index (Phi) is 4.15. The molecule has 0 fully saturated rings. The van der Waals surface area contributed by atoms with E-state index >= 15 is 0 Å². The van der Waals surface area contributed by atoms with Crippen LogP contribution in [-0.4, -0.2) is 16.6 Å². The monoisotopic (exact) mass is 239 g/mol. The zero-order valence-corrected chi connectivity index (χ0v) is 9.84. The molecule has 0 spiro atoms. The predicted molar refractivity (Wildman–Crippen MR) is 70.1 cm³/mol. The van der Waals surface area contributed by atoms with Crippen LogP contribution in [0.4, 0.5) is 5.95 Å². The molecule has 0 aliphatic rings. The smallest absolute Gasteiger partial charge is 0.222 e. The van der Waals surface area contributed by atoms with Gasteiger partial charge >= 0.3 is 0 Å². The number of benzene rings is 1. The van der Waals surface area contributed by atoms with Crippen LogP contribution in [0, 0.1) is 12.3 Å². The van der Waals surface area contributed by atoms with Crippen molar-refractivity contribution in [2.45, 2.75) is 6.54 Å². The quantitative estimate of drug-likeness (QED) is 0.812. The summed E-state index contributed by atoms with van der Waals surface area (Å²) in [7, 11) is 0. The zero-order valence-electron chi connectivity index (χ0n) is 9.84. The van der Waals surface area contributed by atoms with Gasteiger partial charge in [-0.25, -0.2) is 9.97 Å². The van der Waals surface area contributed by atoms with E-state index in [1.165, 1.54) is 0 Å². The first kappa shape index (κ1) is 11.9. The lowest BCUT2D eigenvalue weighted by Crippen LogP contribution is -2.02. The molecule has 0 aliphatic heterocycles. The van der Waals surface area contributed by atoms with Crippen LogP contribution in [0.15, 0.2) is 42.7 Å². The van der Waals surface area contributed by atoms with Gasteiger partial charge in [0.05, 0.1) is 0 Å². The molecule has 0 atom stereocenters. The highest BCUT2D eigenvalue weighted by atomic mass is 16.5. The maximum Gasteiger partial charge on any atom is 0.222 e. The minimum Gasteiger partial charge on any atom is -0.481 e. The summed E-state index contributed by atoms with van der Waals surface area (Å²) in [6, 6.07) is 9.51. The van der Waals surface area contributed by atoms with Gasteiger partial charge in [0, 0.05) is 18.9 Å². The van der Waals surface area contributed by atoms with E-state index in [4.69, 9.17) is 11.2 Å². The summed E-state index contributed by atoms with van der Waals surface area (Å²) in [5.74, 6) is 3.81. The number of nitrogens with zero attached hydrogens (tertiary/aromatic N) is 2. The Morgan fingerprint density at radius 3 is 2.56 bits per heavy atom. The van der Waals surface area contributed by atoms with E-state index in [9.17, 15) is 0 Å². The second-order valence-corrected chi connectivity index (χ2v) is 3.56. The summed E-state index contributed by atoms with van der Waals surface area (Å²) >= 11 is 0. The van der Waals surface area contributed by atoms with E-state index < -0.39 is 0 Å². The molecular weight excluding hydrogens is 226 g/mol. The van der Waals surface area contributed by atoms with E-state index in [-0.39, 0.29) is 6.61 Å². The lowest BCUT2D eigenvalue weighted by molar-refractivity contribution is 0.370. The fraction of sp³-hybridized carbons (Fsp3) is 0.143. The number of anilines is 1. The number of ether oxygens (including phenoxy) is 1. The first-order valence-electron chi connectivity index (χ1n) is 5.54. The van der Waals surface area contributed by atoms with Crippen LogP contribution >= 0.6 is 0 Å². The lowest BCUT2D eigenvalue weighted by atomic mass is 10.2. The van der Waals surface area contributed by atoms with Gasteiger partial charge in [-0.15, -0.1) is 6.42 Å². The van der Waals surface area contributed by atoms with Gasteiger partial charge in [-0.3, -0.25) is 0 Å². The Morgan fingerprint density at radius 1 is 1.17 bits per heavy atom. The maximum atomic E-state index is 5.29. The van der Waals surface area contributed by atoms with Crippen molar-refractivity contribution in [3.8, 4) is 18.1 Å². The molecule has 0 saturated carbocycles. The number of hydrogen-bond acceptors (Lipinski definition) is 4. The van der Waals surface area contributed by atoms with Crippen molar-refractivity contribution in [2.75, 3.05) is 11.9 Å². The normalized spacial score (nSPS) is 9.50. The Bertz CT molecular complexity index is 517. The van der Waals surface area contributed by atoms with E-state index in [1.807, 2.05) is 24.3 Å². The molecule has 18 heavy (non-hydrogen) atoms. The van der Waals surface area contributed by atoms with E-state index in [1.54, 1.807) is 18.5 Å². The molecule has 2 aromatic rings. The Hall–Kier alpha value is -2.54. The van der Waals surface area contributed by atoms with Gasteiger partial charge < -0.3 is 10.1 Å². The standard InChI is InChI=1S/C14H13N3O/c1-2-10-18-13-6-4-12(5-7-13)11-17-14-15-8-3-9-16-14/h1,3-9H,10-11H2,(H,15,16,17). The van der Waals surface area contributed by atoms with Crippen LogP contribution in [-0.2, 0) is 6.54 Å². The van der Waals surface area contributed by atoms with Crippen LogP contribution in [0.2, 0.25) is 0 Å². The summed E-state index contributed by atoms with van der Waals surface area (Å²) < 4.78 is 5.29. The van der Waals surface area contributed by atoms with Crippen LogP contribution in [0.3, 0.4) is 0 Å². The highest BCUT2D eigenvalue weighted by Gasteiger charge is 1.96. The summed E-state index contributed by atoms with van der Waals surface area (Å²) in [6.07, 6.45) is 8.52. The molecule has 0 aliphatic carbocycles. The third-order valence-electron chi connectivity index (χ3n) is 2.26. The SMILES string of the molecule is C#CCOc1ccc(CNc2ncccn2)cc1. The van der Waals surface area contributed by atoms with Crippen LogP contribution in [0.5, 0.6) is 5.75 Å². The molecule has 4 heteroatoms. The lowest BCUT2D eigenvalue weighted by Gasteiger charge is -2.06. The van der Waals surface area contributed by atoms with Crippen molar-refractivity contribution in [3.63, 3.8) is 0 Å². The van der Waals surface area contributed by atoms with E-state index in [0.29, 0.717) is 12.5 Å². The molecule has 0 saturated heterocycles. The fourth-order valence-corrected chi connectivity index (χ4v) is 1.40. The Balaban J connectivity index is 1.89. The predicted octanol–water partition coefficient (Wildman–Crippen LogP) is 2.10. The third kappa shape index (κ3) is 3.49. The number of nitrogens with one attached hydrogen (secondary N) is 1. The molecular formula is C14H13N3O. The van der Waals surface area contributed by atoms with Gasteiger partial charge in [0.1, 0.15) is 12.4 Å². The van der Waals surface area contributed by atoms with Crippen LogP contribution in [0.25, 0.3) is 0 Å². The van der Waals surface area contributed by atoms with Gasteiger partial charge in [0.2, 0.25) is 5.95 Å². The van der Waals surface area contributed by atoms with Gasteiger partial charge in [0.15, 0.2) is 0 Å². The van der Waals surface area contributed by atoms with Crippen molar-refractivity contribution < 1.29 is 4.74 Å². The van der Waals surface area contributed by atoms with Crippen molar-refractivity contribution in [2.24, 2.45) is 0 Å². The first-order chi connectivity index (χ1) is 8.88. The maximum absolute atomic E-state index is 5.29. The summed E-state index contributed by atoms with van der Waals surface area (Å²) in [5.41, 5.74) is 1.12. The van der Waals surface area contributed by atoms with Gasteiger partial charge in [-0.2, -0.15) is 0 Å². The van der Waals surface area contributed by atoms with Crippen molar-refractivity contribution in [1.29, 1.82) is 0 Å². The topological polar surface area (TPSA) is 47.0 Å². The summed E-state index contributed by atoms with van der Waals surface area (Å²) in [6.45, 7) is 0.953. The number of terminal acetylenes is 1. The number of rotatable bonds is 5. The highest BCUT2D eigenvalue weighted by Crippen LogP contribution is 2.12. The average Bonchev–Trinajstić information content (AvgIpc) is 2.45. The molecule has 4 nitrogen and oxygen atoms in total. The first-order valence-corrected chi connectivity index (χ1v) is 5.54. The minimum absolute atomic E-state index is 0.287. The van der Waals surface area contributed by atoms with Gasteiger partial charge in [0.25, 0.3) is 0 Å².